The molecule has 19 heavy (non-hydrogen) atoms. The van der Waals surface area contributed by atoms with Gasteiger partial charge < -0.3 is 9.84 Å². The van der Waals surface area contributed by atoms with Gasteiger partial charge in [0.2, 0.25) is 0 Å². The fourth-order valence-corrected chi connectivity index (χ4v) is 1.37. The third-order valence-electron chi connectivity index (χ3n) is 2.09. The number of carbonyl (C=O) groups is 2. The highest BCUT2D eigenvalue weighted by molar-refractivity contribution is 5.92. The Labute approximate surface area is 106 Å². The van der Waals surface area contributed by atoms with Gasteiger partial charge in [-0.2, -0.15) is 14.0 Å². The van der Waals surface area contributed by atoms with E-state index in [1.807, 2.05) is 0 Å². The molecule has 0 fully saturated rings. The van der Waals surface area contributed by atoms with Gasteiger partial charge in [-0.15, -0.1) is 0 Å². The van der Waals surface area contributed by atoms with Gasteiger partial charge in [-0.25, -0.2) is 4.79 Å². The van der Waals surface area contributed by atoms with Crippen LogP contribution in [-0.2, 0) is 4.79 Å². The topological polar surface area (TPSA) is 87.4 Å². The molecule has 98 valence electrons. The Morgan fingerprint density at radius 1 is 1.42 bits per heavy atom. The molecule has 5 nitrogen and oxygen atoms in total. The number of hydrogen-bond donors (Lipinski definition) is 1. The van der Waals surface area contributed by atoms with Gasteiger partial charge >= 0.3 is 12.6 Å². The molecular weight excluding hydrogens is 260 g/mol. The van der Waals surface area contributed by atoms with Gasteiger partial charge in [-0.05, 0) is 18.2 Å². The second-order valence-corrected chi connectivity index (χ2v) is 3.22. The van der Waals surface area contributed by atoms with Crippen LogP contribution in [0.3, 0.4) is 0 Å². The van der Waals surface area contributed by atoms with Gasteiger partial charge in [0.25, 0.3) is 0 Å². The second-order valence-electron chi connectivity index (χ2n) is 3.22. The lowest BCUT2D eigenvalue weighted by Gasteiger charge is -2.10. The molecule has 1 aromatic carbocycles. The summed E-state index contributed by atoms with van der Waals surface area (Å²) in [7, 11) is 0. The van der Waals surface area contributed by atoms with Crippen molar-refractivity contribution in [3.8, 4) is 11.8 Å². The van der Waals surface area contributed by atoms with Crippen molar-refractivity contribution in [3.05, 3.63) is 34.9 Å². The van der Waals surface area contributed by atoms with Crippen LogP contribution >= 0.6 is 0 Å². The zero-order chi connectivity index (χ0) is 14.4. The summed E-state index contributed by atoms with van der Waals surface area (Å²) in [5, 5.41) is 17.3. The van der Waals surface area contributed by atoms with Crippen molar-refractivity contribution in [3.63, 3.8) is 0 Å². The number of benzene rings is 1. The number of carbonyl (C=O) groups excluding carboxylic acids is 1. The molecule has 0 unspecified atom stereocenters. The van der Waals surface area contributed by atoms with E-state index < -0.39 is 12.6 Å². The Hall–Kier alpha value is -2.75. The van der Waals surface area contributed by atoms with Gasteiger partial charge in [0.1, 0.15) is 5.75 Å². The molecule has 0 bridgehead atoms. The number of rotatable bonds is 5. The zero-order valence-electron chi connectivity index (χ0n) is 9.34. The van der Waals surface area contributed by atoms with Crippen LogP contribution in [0.15, 0.2) is 18.2 Å². The van der Waals surface area contributed by atoms with Crippen LogP contribution in [0, 0.1) is 11.3 Å². The van der Waals surface area contributed by atoms with E-state index in [1.165, 1.54) is 0 Å². The first-order valence-electron chi connectivity index (χ1n) is 4.87. The van der Waals surface area contributed by atoms with E-state index in [1.54, 1.807) is 6.07 Å². The average molecular weight is 267 g/mol. The molecule has 0 aromatic heterocycles. The number of aliphatic carboxylic acids is 1. The first kappa shape index (κ1) is 14.3. The second kappa shape index (κ2) is 6.26. The number of carboxylic acid groups (broad SMARTS) is 1. The van der Waals surface area contributed by atoms with Crippen molar-refractivity contribution in [2.24, 2.45) is 0 Å². The summed E-state index contributed by atoms with van der Waals surface area (Å²) in [5.41, 5.74) is -0.462. The van der Waals surface area contributed by atoms with E-state index in [0.717, 1.165) is 18.2 Å². The van der Waals surface area contributed by atoms with Crippen molar-refractivity contribution >= 4 is 18.3 Å². The van der Waals surface area contributed by atoms with E-state index in [9.17, 15) is 18.4 Å². The van der Waals surface area contributed by atoms with Gasteiger partial charge in [0, 0.05) is 17.2 Å². The molecule has 0 heterocycles. The first-order chi connectivity index (χ1) is 8.99. The summed E-state index contributed by atoms with van der Waals surface area (Å²) < 4.78 is 28.6. The Bertz CT molecular complexity index is 576. The summed E-state index contributed by atoms with van der Waals surface area (Å²) in [6.07, 6.45) is 1.85. The summed E-state index contributed by atoms with van der Waals surface area (Å²) >= 11 is 0. The number of nitriles is 1. The SMILES string of the molecule is N#Cc1ccc(OC(F)F)c(/C=C/C(=O)O)c1C=O. The lowest BCUT2D eigenvalue weighted by Crippen LogP contribution is -2.05. The van der Waals surface area contributed by atoms with Crippen molar-refractivity contribution in [2.45, 2.75) is 6.61 Å². The molecule has 7 heteroatoms. The normalized spacial score (nSPS) is 10.4. The zero-order valence-corrected chi connectivity index (χ0v) is 9.34. The minimum absolute atomic E-state index is 0.0679. The molecule has 0 amide bonds. The largest absolute Gasteiger partial charge is 0.478 e. The number of ether oxygens (including phenoxy) is 1. The molecular formula is C12H7F2NO4. The quantitative estimate of drug-likeness (QED) is 0.651. The fourth-order valence-electron chi connectivity index (χ4n) is 1.37. The maximum atomic E-state index is 12.2. The van der Waals surface area contributed by atoms with Crippen LogP contribution in [0.2, 0.25) is 0 Å². The lowest BCUT2D eigenvalue weighted by molar-refractivity contribution is -0.131. The molecule has 0 aliphatic carbocycles. The average Bonchev–Trinajstić information content (AvgIpc) is 2.35. The molecule has 0 saturated heterocycles. The molecule has 0 aliphatic rings. The number of nitrogens with zero attached hydrogens (tertiary/aromatic N) is 1. The van der Waals surface area contributed by atoms with Crippen molar-refractivity contribution < 1.29 is 28.2 Å². The molecule has 1 rings (SSSR count). The Morgan fingerprint density at radius 3 is 2.58 bits per heavy atom. The minimum atomic E-state index is -3.13. The maximum Gasteiger partial charge on any atom is 0.387 e. The minimum Gasteiger partial charge on any atom is -0.478 e. The van der Waals surface area contributed by atoms with E-state index in [-0.39, 0.29) is 28.7 Å². The molecule has 0 radical (unpaired) electrons. The van der Waals surface area contributed by atoms with Gasteiger partial charge in [0.15, 0.2) is 6.29 Å². The molecule has 1 aromatic rings. The molecule has 1 N–H and O–H groups in total. The van der Waals surface area contributed by atoms with Crippen LogP contribution in [0.1, 0.15) is 21.5 Å². The lowest BCUT2D eigenvalue weighted by atomic mass is 10.0. The maximum absolute atomic E-state index is 12.2. The Kier molecular flexibility index (Phi) is 4.71. The van der Waals surface area contributed by atoms with Crippen LogP contribution in [0.5, 0.6) is 5.75 Å². The third-order valence-corrected chi connectivity index (χ3v) is 2.09. The highest BCUT2D eigenvalue weighted by atomic mass is 19.3. The molecule has 0 aliphatic heterocycles. The number of halogens is 2. The highest BCUT2D eigenvalue weighted by Crippen LogP contribution is 2.27. The van der Waals surface area contributed by atoms with Crippen molar-refractivity contribution in [2.75, 3.05) is 0 Å². The van der Waals surface area contributed by atoms with Crippen molar-refractivity contribution in [1.29, 1.82) is 5.26 Å². The van der Waals surface area contributed by atoms with E-state index in [2.05, 4.69) is 4.74 Å². The number of carboxylic acids is 1. The van der Waals surface area contributed by atoms with Gasteiger partial charge in [-0.3, -0.25) is 4.79 Å². The van der Waals surface area contributed by atoms with Gasteiger partial charge in [0.05, 0.1) is 11.6 Å². The number of alkyl halides is 2. The number of hydrogen-bond acceptors (Lipinski definition) is 4. The predicted octanol–water partition coefficient (Wildman–Crippen LogP) is 2.07. The van der Waals surface area contributed by atoms with E-state index in [0.29, 0.717) is 6.08 Å². The third kappa shape index (κ3) is 3.61. The van der Waals surface area contributed by atoms with Gasteiger partial charge in [-0.1, -0.05) is 0 Å². The fraction of sp³-hybridized carbons (Fsp3) is 0.0833. The Morgan fingerprint density at radius 2 is 2.11 bits per heavy atom. The molecule has 0 atom stereocenters. The van der Waals surface area contributed by atoms with Crippen LogP contribution in [0.4, 0.5) is 8.78 Å². The smallest absolute Gasteiger partial charge is 0.387 e. The van der Waals surface area contributed by atoms with E-state index in [4.69, 9.17) is 10.4 Å². The summed E-state index contributed by atoms with van der Waals surface area (Å²) in [6.45, 7) is -3.13. The molecule has 0 saturated carbocycles. The summed E-state index contributed by atoms with van der Waals surface area (Å²) in [6, 6.07) is 3.91. The van der Waals surface area contributed by atoms with Crippen LogP contribution in [-0.4, -0.2) is 24.0 Å². The van der Waals surface area contributed by atoms with Crippen LogP contribution < -0.4 is 4.74 Å². The monoisotopic (exact) mass is 267 g/mol. The summed E-state index contributed by atoms with van der Waals surface area (Å²) in [5.74, 6) is -1.71. The van der Waals surface area contributed by atoms with Crippen molar-refractivity contribution in [1.82, 2.24) is 0 Å². The standard InChI is InChI=1S/C12H7F2NO4/c13-12(14)19-10-3-1-7(5-15)9(6-16)8(10)2-4-11(17)18/h1-4,6,12H,(H,17,18)/b4-2+. The summed E-state index contributed by atoms with van der Waals surface area (Å²) in [4.78, 5) is 21.3. The highest BCUT2D eigenvalue weighted by Gasteiger charge is 2.15. The molecule has 0 spiro atoms. The number of aldehydes is 1. The van der Waals surface area contributed by atoms with E-state index >= 15 is 0 Å². The van der Waals surface area contributed by atoms with Crippen LogP contribution in [0.25, 0.3) is 6.08 Å². The Balaban J connectivity index is 3.44. The first-order valence-corrected chi connectivity index (χ1v) is 4.87. The predicted molar refractivity (Wildman–Crippen MR) is 59.8 cm³/mol.